The van der Waals surface area contributed by atoms with Crippen LogP contribution < -0.4 is 0 Å². The summed E-state index contributed by atoms with van der Waals surface area (Å²) in [6, 6.07) is 17.0. The predicted octanol–water partition coefficient (Wildman–Crippen LogP) is 3.70. The van der Waals surface area contributed by atoms with Crippen molar-refractivity contribution >= 4 is 17.4 Å². The number of carbonyl (C=O) groups excluding carboxylic acids is 1. The Bertz CT molecular complexity index is 563. The molecule has 0 spiro atoms. The molecule has 104 valence electrons. The molecule has 2 rings (SSSR count). The summed E-state index contributed by atoms with van der Waals surface area (Å²) in [5, 5.41) is 0.644. The van der Waals surface area contributed by atoms with E-state index in [1.165, 1.54) is 0 Å². The molecule has 0 amide bonds. The van der Waals surface area contributed by atoms with Crippen LogP contribution in [0.1, 0.15) is 15.9 Å². The first-order chi connectivity index (χ1) is 9.58. The Labute approximate surface area is 125 Å². The van der Waals surface area contributed by atoms with Crippen LogP contribution in [0.15, 0.2) is 54.6 Å². The van der Waals surface area contributed by atoms with Crippen LogP contribution in [0.25, 0.3) is 0 Å². The Hall–Kier alpha value is -1.64. The Morgan fingerprint density at radius 1 is 1.05 bits per heavy atom. The lowest BCUT2D eigenvalue weighted by Crippen LogP contribution is -2.37. The summed E-state index contributed by atoms with van der Waals surface area (Å²) in [5.74, 6) is 0.121. The Morgan fingerprint density at radius 2 is 1.65 bits per heavy atom. The molecule has 0 aliphatic carbocycles. The number of rotatable bonds is 5. The summed E-state index contributed by atoms with van der Waals surface area (Å²) >= 11 is 5.87. The molecule has 0 heterocycles. The molecule has 20 heavy (non-hydrogen) atoms. The highest BCUT2D eigenvalue weighted by Crippen LogP contribution is 2.15. The van der Waals surface area contributed by atoms with E-state index in [0.717, 1.165) is 5.56 Å². The summed E-state index contributed by atoms with van der Waals surface area (Å²) in [6.45, 7) is 0. The van der Waals surface area contributed by atoms with Crippen molar-refractivity contribution in [2.45, 2.75) is 12.5 Å². The van der Waals surface area contributed by atoms with Gasteiger partial charge in [0.05, 0.1) is 6.04 Å². The molecule has 3 heteroatoms. The van der Waals surface area contributed by atoms with Crippen LogP contribution >= 0.6 is 11.6 Å². The maximum Gasteiger partial charge on any atom is 0.180 e. The number of likely N-dealkylation sites (N-methyl/N-ethyl adjacent to an activating group) is 1. The Kier molecular flexibility index (Phi) is 4.94. The van der Waals surface area contributed by atoms with Crippen LogP contribution in [-0.4, -0.2) is 30.8 Å². The van der Waals surface area contributed by atoms with Gasteiger partial charge in [-0.2, -0.15) is 0 Å². The number of benzene rings is 2. The van der Waals surface area contributed by atoms with Crippen molar-refractivity contribution in [3.8, 4) is 0 Å². The maximum absolute atomic E-state index is 12.6. The molecule has 2 aromatic rings. The highest BCUT2D eigenvalue weighted by molar-refractivity contribution is 6.30. The molecule has 0 aliphatic rings. The lowest BCUT2D eigenvalue weighted by molar-refractivity contribution is 0.0875. The van der Waals surface area contributed by atoms with Gasteiger partial charge >= 0.3 is 0 Å². The van der Waals surface area contributed by atoms with Gasteiger partial charge in [-0.05, 0) is 50.3 Å². The average Bonchev–Trinajstić information content (AvgIpc) is 2.45. The average molecular weight is 288 g/mol. The highest BCUT2D eigenvalue weighted by Gasteiger charge is 2.22. The van der Waals surface area contributed by atoms with Crippen molar-refractivity contribution in [3.05, 3.63) is 70.7 Å². The van der Waals surface area contributed by atoms with E-state index < -0.39 is 0 Å². The summed E-state index contributed by atoms with van der Waals surface area (Å²) < 4.78 is 0. The van der Waals surface area contributed by atoms with E-state index in [4.69, 9.17) is 11.6 Å². The number of ketones is 1. The van der Waals surface area contributed by atoms with Gasteiger partial charge in [-0.15, -0.1) is 0 Å². The third kappa shape index (κ3) is 3.69. The van der Waals surface area contributed by atoms with Gasteiger partial charge in [0, 0.05) is 10.6 Å². The van der Waals surface area contributed by atoms with Crippen molar-refractivity contribution in [1.82, 2.24) is 4.90 Å². The quantitative estimate of drug-likeness (QED) is 0.782. The fourth-order valence-corrected chi connectivity index (χ4v) is 2.28. The maximum atomic E-state index is 12.6. The van der Waals surface area contributed by atoms with E-state index in [1.807, 2.05) is 49.3 Å². The highest BCUT2D eigenvalue weighted by atomic mass is 35.5. The second-order valence-electron chi connectivity index (χ2n) is 5.04. The second kappa shape index (κ2) is 6.69. The van der Waals surface area contributed by atoms with Gasteiger partial charge < -0.3 is 0 Å². The Balaban J connectivity index is 2.20. The van der Waals surface area contributed by atoms with E-state index in [1.54, 1.807) is 24.3 Å². The SMILES string of the molecule is CN(C)[C@H](Cc1ccccc1)C(=O)c1ccc(Cl)cc1. The van der Waals surface area contributed by atoms with Crippen molar-refractivity contribution in [3.63, 3.8) is 0 Å². The molecule has 0 unspecified atom stereocenters. The van der Waals surface area contributed by atoms with Gasteiger partial charge in [-0.25, -0.2) is 0 Å². The monoisotopic (exact) mass is 287 g/mol. The van der Waals surface area contributed by atoms with E-state index in [2.05, 4.69) is 0 Å². The summed E-state index contributed by atoms with van der Waals surface area (Å²) in [6.07, 6.45) is 0.704. The van der Waals surface area contributed by atoms with Crippen molar-refractivity contribution in [2.75, 3.05) is 14.1 Å². The molecule has 0 aliphatic heterocycles. The molecule has 0 radical (unpaired) electrons. The molecule has 0 N–H and O–H groups in total. The second-order valence-corrected chi connectivity index (χ2v) is 5.48. The van der Waals surface area contributed by atoms with E-state index in [0.29, 0.717) is 17.0 Å². The van der Waals surface area contributed by atoms with Gasteiger partial charge in [0.25, 0.3) is 0 Å². The van der Waals surface area contributed by atoms with Crippen LogP contribution in [0, 0.1) is 0 Å². The zero-order valence-corrected chi connectivity index (χ0v) is 12.5. The van der Waals surface area contributed by atoms with Crippen molar-refractivity contribution in [1.29, 1.82) is 0 Å². The summed E-state index contributed by atoms with van der Waals surface area (Å²) in [5.41, 5.74) is 1.86. The minimum atomic E-state index is -0.168. The first-order valence-electron chi connectivity index (χ1n) is 6.58. The number of carbonyl (C=O) groups is 1. The predicted molar refractivity (Wildman–Crippen MR) is 83.4 cm³/mol. The lowest BCUT2D eigenvalue weighted by Gasteiger charge is -2.23. The van der Waals surface area contributed by atoms with Crippen LogP contribution in [0.4, 0.5) is 0 Å². The van der Waals surface area contributed by atoms with Crippen molar-refractivity contribution in [2.24, 2.45) is 0 Å². The number of hydrogen-bond acceptors (Lipinski definition) is 2. The van der Waals surface area contributed by atoms with E-state index >= 15 is 0 Å². The first-order valence-corrected chi connectivity index (χ1v) is 6.96. The van der Waals surface area contributed by atoms with E-state index in [-0.39, 0.29) is 11.8 Å². The zero-order chi connectivity index (χ0) is 14.5. The standard InChI is InChI=1S/C17H18ClNO/c1-19(2)16(12-13-6-4-3-5-7-13)17(20)14-8-10-15(18)11-9-14/h3-11,16H,12H2,1-2H3/t16-/m1/s1. The fourth-order valence-electron chi connectivity index (χ4n) is 2.15. The van der Waals surface area contributed by atoms with Crippen molar-refractivity contribution < 1.29 is 4.79 Å². The van der Waals surface area contributed by atoms with Gasteiger partial charge in [0.2, 0.25) is 0 Å². The third-order valence-corrected chi connectivity index (χ3v) is 3.58. The molecule has 2 nitrogen and oxygen atoms in total. The summed E-state index contributed by atoms with van der Waals surface area (Å²) in [7, 11) is 3.86. The number of halogens is 1. The molecule has 0 aromatic heterocycles. The van der Waals surface area contributed by atoms with Gasteiger partial charge in [-0.1, -0.05) is 41.9 Å². The van der Waals surface area contributed by atoms with Crippen LogP contribution in [0.5, 0.6) is 0 Å². The number of Topliss-reactive ketones (excluding diaryl/α,β-unsaturated/α-hetero) is 1. The van der Waals surface area contributed by atoms with Crippen LogP contribution in [0.3, 0.4) is 0 Å². The summed E-state index contributed by atoms with van der Waals surface area (Å²) in [4.78, 5) is 14.6. The van der Waals surface area contributed by atoms with Gasteiger partial charge in [0.15, 0.2) is 5.78 Å². The fraction of sp³-hybridized carbons (Fsp3) is 0.235. The normalized spacial score (nSPS) is 12.4. The zero-order valence-electron chi connectivity index (χ0n) is 11.7. The van der Waals surface area contributed by atoms with Crippen LogP contribution in [0.2, 0.25) is 5.02 Å². The molecule has 0 saturated carbocycles. The van der Waals surface area contributed by atoms with Crippen LogP contribution in [-0.2, 0) is 6.42 Å². The third-order valence-electron chi connectivity index (χ3n) is 3.33. The molecular formula is C17H18ClNO. The lowest BCUT2D eigenvalue weighted by atomic mass is 9.97. The minimum absolute atomic E-state index is 0.121. The molecule has 0 saturated heterocycles. The van der Waals surface area contributed by atoms with Gasteiger partial charge in [0.1, 0.15) is 0 Å². The van der Waals surface area contributed by atoms with Gasteiger partial charge in [-0.3, -0.25) is 9.69 Å². The molecule has 0 bridgehead atoms. The topological polar surface area (TPSA) is 20.3 Å². The molecular weight excluding hydrogens is 270 g/mol. The van der Waals surface area contributed by atoms with E-state index in [9.17, 15) is 4.79 Å². The smallest absolute Gasteiger partial charge is 0.180 e. The molecule has 0 fully saturated rings. The molecule has 1 atom stereocenters. The Morgan fingerprint density at radius 3 is 2.20 bits per heavy atom. The number of nitrogens with zero attached hydrogens (tertiary/aromatic N) is 1. The number of hydrogen-bond donors (Lipinski definition) is 0. The molecule has 2 aromatic carbocycles. The minimum Gasteiger partial charge on any atom is -0.299 e. The largest absolute Gasteiger partial charge is 0.299 e. The first kappa shape index (κ1) is 14.8.